The lowest BCUT2D eigenvalue weighted by atomic mass is 10.0. The second-order valence-corrected chi connectivity index (χ2v) is 2.58. The Labute approximate surface area is 72.1 Å². The third-order valence-electron chi connectivity index (χ3n) is 1.79. The predicted octanol–water partition coefficient (Wildman–Crippen LogP) is 1.64. The quantitative estimate of drug-likeness (QED) is 0.732. The van der Waals surface area contributed by atoms with Crippen LogP contribution in [0.3, 0.4) is 0 Å². The molecule has 1 aromatic carbocycles. The Balaban J connectivity index is 2.76. The zero-order chi connectivity index (χ0) is 8.81. The smallest absolute Gasteiger partial charge is 0.0684 e. The molecule has 62 valence electrons. The molecule has 0 bridgehead atoms. The highest BCUT2D eigenvalue weighted by atomic mass is 16.3. The van der Waals surface area contributed by atoms with Crippen LogP contribution in [0.5, 0.6) is 0 Å². The van der Waals surface area contributed by atoms with Gasteiger partial charge in [-0.15, -0.1) is 0 Å². The van der Waals surface area contributed by atoms with Crippen molar-refractivity contribution in [1.29, 1.82) is 5.26 Å². The summed E-state index contributed by atoms with van der Waals surface area (Å²) in [5, 5.41) is 17.3. The minimum absolute atomic E-state index is 0.0571. The molecule has 0 amide bonds. The monoisotopic (exact) mass is 161 g/mol. The Hall–Kier alpha value is -1.33. The largest absolute Gasteiger partial charge is 0.392 e. The minimum Gasteiger partial charge on any atom is -0.392 e. The molecule has 0 aliphatic heterocycles. The van der Waals surface area contributed by atoms with Crippen LogP contribution < -0.4 is 0 Å². The Morgan fingerprint density at radius 2 is 1.92 bits per heavy atom. The molecule has 0 aromatic heterocycles. The van der Waals surface area contributed by atoms with E-state index in [2.05, 4.69) is 6.07 Å². The van der Waals surface area contributed by atoms with Crippen LogP contribution in [-0.4, -0.2) is 5.11 Å². The molecule has 0 heterocycles. The summed E-state index contributed by atoms with van der Waals surface area (Å²) < 4.78 is 0. The molecule has 1 N–H and O–H groups in total. The van der Waals surface area contributed by atoms with Crippen molar-refractivity contribution in [2.24, 2.45) is 0 Å². The predicted molar refractivity (Wildman–Crippen MR) is 46.3 cm³/mol. The second kappa shape index (κ2) is 4.53. The van der Waals surface area contributed by atoms with Crippen LogP contribution in [0.15, 0.2) is 24.3 Å². The van der Waals surface area contributed by atoms with Crippen molar-refractivity contribution in [2.45, 2.75) is 19.4 Å². The first-order chi connectivity index (χ1) is 5.88. The maximum absolute atomic E-state index is 8.93. The van der Waals surface area contributed by atoms with E-state index in [1.165, 1.54) is 0 Å². The number of rotatable bonds is 3. The van der Waals surface area contributed by atoms with Gasteiger partial charge in [-0.05, 0) is 17.5 Å². The molecule has 0 fully saturated rings. The van der Waals surface area contributed by atoms with E-state index in [0.29, 0.717) is 6.42 Å². The number of nitriles is 1. The average molecular weight is 161 g/mol. The summed E-state index contributed by atoms with van der Waals surface area (Å²) in [5.74, 6) is 0. The van der Waals surface area contributed by atoms with E-state index in [0.717, 1.165) is 17.5 Å². The van der Waals surface area contributed by atoms with Crippen LogP contribution in [0.25, 0.3) is 0 Å². The number of aryl methyl sites for hydroxylation is 1. The summed E-state index contributed by atoms with van der Waals surface area (Å²) >= 11 is 0. The van der Waals surface area contributed by atoms with E-state index in [1.807, 2.05) is 24.3 Å². The van der Waals surface area contributed by atoms with Crippen molar-refractivity contribution in [3.63, 3.8) is 0 Å². The van der Waals surface area contributed by atoms with E-state index in [-0.39, 0.29) is 6.61 Å². The van der Waals surface area contributed by atoms with Crippen molar-refractivity contribution in [3.05, 3.63) is 35.4 Å². The average Bonchev–Trinajstić information content (AvgIpc) is 2.15. The van der Waals surface area contributed by atoms with Crippen LogP contribution in [0.1, 0.15) is 17.5 Å². The molecule has 1 rings (SSSR count). The number of hydrogen-bond donors (Lipinski definition) is 1. The molecule has 0 radical (unpaired) electrons. The van der Waals surface area contributed by atoms with Gasteiger partial charge >= 0.3 is 0 Å². The highest BCUT2D eigenvalue weighted by molar-refractivity contribution is 5.26. The molecule has 0 aliphatic rings. The fraction of sp³-hybridized carbons (Fsp3) is 0.300. The lowest BCUT2D eigenvalue weighted by Crippen LogP contribution is -1.92. The molecule has 2 heteroatoms. The van der Waals surface area contributed by atoms with Crippen LogP contribution in [0.4, 0.5) is 0 Å². The van der Waals surface area contributed by atoms with Gasteiger partial charge in [0.25, 0.3) is 0 Å². The SMILES string of the molecule is N#CCCc1ccccc1CO. The zero-order valence-electron chi connectivity index (χ0n) is 6.83. The lowest BCUT2D eigenvalue weighted by Gasteiger charge is -2.03. The molecule has 12 heavy (non-hydrogen) atoms. The van der Waals surface area contributed by atoms with Gasteiger partial charge in [0, 0.05) is 6.42 Å². The standard InChI is InChI=1S/C10H11NO/c11-7-3-6-9-4-1-2-5-10(9)8-12/h1-2,4-5,12H,3,6,8H2. The number of benzene rings is 1. The van der Waals surface area contributed by atoms with Crippen molar-refractivity contribution >= 4 is 0 Å². The summed E-state index contributed by atoms with van der Waals surface area (Å²) in [7, 11) is 0. The number of aliphatic hydroxyl groups excluding tert-OH is 1. The highest BCUT2D eigenvalue weighted by Crippen LogP contribution is 2.10. The van der Waals surface area contributed by atoms with Crippen molar-refractivity contribution < 1.29 is 5.11 Å². The molecule has 0 unspecified atom stereocenters. The summed E-state index contributed by atoms with van der Waals surface area (Å²) in [6.45, 7) is 0.0571. The molecule has 0 aliphatic carbocycles. The number of hydrogen-bond acceptors (Lipinski definition) is 2. The van der Waals surface area contributed by atoms with Gasteiger partial charge in [-0.1, -0.05) is 24.3 Å². The maximum Gasteiger partial charge on any atom is 0.0684 e. The summed E-state index contributed by atoms with van der Waals surface area (Å²) in [6.07, 6.45) is 1.24. The number of aliphatic hydroxyl groups is 1. The van der Waals surface area contributed by atoms with Gasteiger partial charge in [0.05, 0.1) is 12.7 Å². The Kier molecular flexibility index (Phi) is 3.31. The van der Waals surface area contributed by atoms with Crippen molar-refractivity contribution in [1.82, 2.24) is 0 Å². The normalized spacial score (nSPS) is 9.33. The molecule has 0 spiro atoms. The Bertz CT molecular complexity index is 288. The van der Waals surface area contributed by atoms with Gasteiger partial charge in [0.2, 0.25) is 0 Å². The number of nitrogens with zero attached hydrogens (tertiary/aromatic N) is 1. The van der Waals surface area contributed by atoms with Gasteiger partial charge in [0.15, 0.2) is 0 Å². The molecule has 1 aromatic rings. The van der Waals surface area contributed by atoms with Gasteiger partial charge in [-0.25, -0.2) is 0 Å². The third kappa shape index (κ3) is 2.08. The summed E-state index contributed by atoms with van der Waals surface area (Å²) in [4.78, 5) is 0. The molecule has 0 saturated carbocycles. The Morgan fingerprint density at radius 3 is 2.50 bits per heavy atom. The fourth-order valence-corrected chi connectivity index (χ4v) is 1.15. The van der Waals surface area contributed by atoms with E-state index in [1.54, 1.807) is 0 Å². The van der Waals surface area contributed by atoms with Gasteiger partial charge in [-0.3, -0.25) is 0 Å². The Morgan fingerprint density at radius 1 is 1.25 bits per heavy atom. The van der Waals surface area contributed by atoms with Gasteiger partial charge in [0.1, 0.15) is 0 Å². The first-order valence-electron chi connectivity index (χ1n) is 3.93. The zero-order valence-corrected chi connectivity index (χ0v) is 6.83. The third-order valence-corrected chi connectivity index (χ3v) is 1.79. The van der Waals surface area contributed by atoms with Gasteiger partial charge < -0.3 is 5.11 Å². The molecule has 0 saturated heterocycles. The molecular formula is C10H11NO. The first-order valence-corrected chi connectivity index (χ1v) is 3.93. The summed E-state index contributed by atoms with van der Waals surface area (Å²) in [5.41, 5.74) is 1.99. The van der Waals surface area contributed by atoms with Crippen LogP contribution >= 0.6 is 0 Å². The topological polar surface area (TPSA) is 44.0 Å². The van der Waals surface area contributed by atoms with Crippen molar-refractivity contribution in [3.8, 4) is 6.07 Å². The summed E-state index contributed by atoms with van der Waals surface area (Å²) in [6, 6.07) is 9.73. The maximum atomic E-state index is 8.93. The van der Waals surface area contributed by atoms with Gasteiger partial charge in [-0.2, -0.15) is 5.26 Å². The lowest BCUT2D eigenvalue weighted by molar-refractivity contribution is 0.280. The molecular weight excluding hydrogens is 150 g/mol. The fourth-order valence-electron chi connectivity index (χ4n) is 1.15. The first kappa shape index (κ1) is 8.76. The minimum atomic E-state index is 0.0571. The van der Waals surface area contributed by atoms with E-state index in [4.69, 9.17) is 10.4 Å². The molecule has 2 nitrogen and oxygen atoms in total. The van der Waals surface area contributed by atoms with Crippen molar-refractivity contribution in [2.75, 3.05) is 0 Å². The van der Waals surface area contributed by atoms with E-state index >= 15 is 0 Å². The second-order valence-electron chi connectivity index (χ2n) is 2.58. The van der Waals surface area contributed by atoms with Crippen LogP contribution in [0.2, 0.25) is 0 Å². The van der Waals surface area contributed by atoms with Crippen LogP contribution in [0, 0.1) is 11.3 Å². The highest BCUT2D eigenvalue weighted by Gasteiger charge is 1.98. The molecule has 0 atom stereocenters. The van der Waals surface area contributed by atoms with Crippen LogP contribution in [-0.2, 0) is 13.0 Å². The van der Waals surface area contributed by atoms with E-state index in [9.17, 15) is 0 Å². The van der Waals surface area contributed by atoms with E-state index < -0.39 is 0 Å².